The lowest BCUT2D eigenvalue weighted by Gasteiger charge is -2.40. The van der Waals surface area contributed by atoms with E-state index >= 15 is 0 Å². The van der Waals surface area contributed by atoms with Crippen LogP contribution in [0.15, 0.2) is 89.9 Å². The zero-order valence-corrected chi connectivity index (χ0v) is 21.2. The second-order valence-electron chi connectivity index (χ2n) is 9.35. The number of rotatable bonds is 7. The van der Waals surface area contributed by atoms with E-state index in [4.69, 9.17) is 4.74 Å². The van der Waals surface area contributed by atoms with Crippen LogP contribution < -0.4 is 15.2 Å². The van der Waals surface area contributed by atoms with E-state index in [1.807, 2.05) is 79.7 Å². The zero-order chi connectivity index (χ0) is 25.8. The number of hydrogen-bond donors (Lipinski definition) is 1. The van der Waals surface area contributed by atoms with Crippen LogP contribution in [0.1, 0.15) is 28.4 Å². The third-order valence-corrected chi connectivity index (χ3v) is 7.04. The Morgan fingerprint density at radius 3 is 2.41 bits per heavy atom. The molecule has 2 aromatic heterocycles. The second kappa shape index (κ2) is 10.9. The van der Waals surface area contributed by atoms with Crippen LogP contribution in [-0.2, 0) is 6.54 Å². The molecule has 37 heavy (non-hydrogen) atoms. The van der Waals surface area contributed by atoms with Crippen LogP contribution in [0.5, 0.6) is 11.5 Å². The van der Waals surface area contributed by atoms with E-state index in [1.165, 1.54) is 0 Å². The Morgan fingerprint density at radius 2 is 1.70 bits per heavy atom. The van der Waals surface area contributed by atoms with Crippen molar-refractivity contribution in [3.63, 3.8) is 0 Å². The average Bonchev–Trinajstić information content (AvgIpc) is 2.94. The molecule has 3 heterocycles. The molecule has 2 aromatic carbocycles. The fourth-order valence-corrected chi connectivity index (χ4v) is 5.11. The minimum atomic E-state index is -0.420. The number of aryl methyl sites for hydroxylation is 1. The smallest absolute Gasteiger partial charge is 0.259 e. The highest BCUT2D eigenvalue weighted by atomic mass is 16.5. The van der Waals surface area contributed by atoms with Crippen LogP contribution in [0, 0.1) is 6.92 Å². The van der Waals surface area contributed by atoms with E-state index in [9.17, 15) is 9.90 Å². The van der Waals surface area contributed by atoms with Gasteiger partial charge in [0.05, 0.1) is 25.3 Å². The van der Waals surface area contributed by atoms with E-state index < -0.39 is 6.04 Å². The fraction of sp³-hybridized carbons (Fsp3) is 0.267. The summed E-state index contributed by atoms with van der Waals surface area (Å²) in [5.41, 5.74) is 2.88. The summed E-state index contributed by atoms with van der Waals surface area (Å²) in [5, 5.41) is 11.2. The Labute approximate surface area is 217 Å². The van der Waals surface area contributed by atoms with Gasteiger partial charge in [-0.25, -0.2) is 4.98 Å². The Hall–Kier alpha value is -4.10. The number of nitrogens with zero attached hydrogens (tertiary/aromatic N) is 4. The summed E-state index contributed by atoms with van der Waals surface area (Å²) in [4.78, 5) is 23.1. The average molecular weight is 497 g/mol. The first-order chi connectivity index (χ1) is 18.0. The predicted molar refractivity (Wildman–Crippen MR) is 146 cm³/mol. The minimum Gasteiger partial charge on any atom is -0.507 e. The van der Waals surface area contributed by atoms with Crippen molar-refractivity contribution in [1.29, 1.82) is 0 Å². The molecular weight excluding hydrogens is 464 g/mol. The maximum absolute atomic E-state index is 14.0. The van der Waals surface area contributed by atoms with Crippen LogP contribution >= 0.6 is 0 Å². The third kappa shape index (κ3) is 5.22. The van der Waals surface area contributed by atoms with Gasteiger partial charge in [0.25, 0.3) is 5.56 Å². The maximum atomic E-state index is 14.0. The quantitative estimate of drug-likeness (QED) is 0.413. The molecule has 0 spiro atoms. The largest absolute Gasteiger partial charge is 0.507 e. The molecule has 5 rings (SSSR count). The highest BCUT2D eigenvalue weighted by Gasteiger charge is 2.32. The van der Waals surface area contributed by atoms with Gasteiger partial charge in [0, 0.05) is 38.1 Å². The lowest BCUT2D eigenvalue weighted by molar-refractivity contribution is 0.207. The molecule has 0 aliphatic carbocycles. The lowest BCUT2D eigenvalue weighted by Crippen LogP contribution is -2.49. The summed E-state index contributed by atoms with van der Waals surface area (Å²) in [5.74, 6) is 1.68. The molecule has 7 heteroatoms. The highest BCUT2D eigenvalue weighted by molar-refractivity contribution is 5.44. The van der Waals surface area contributed by atoms with Crippen LogP contribution in [0.25, 0.3) is 0 Å². The molecule has 1 fully saturated rings. The van der Waals surface area contributed by atoms with E-state index in [1.54, 1.807) is 23.9 Å². The first-order valence-corrected chi connectivity index (χ1v) is 12.6. The van der Waals surface area contributed by atoms with Gasteiger partial charge in [0.15, 0.2) is 0 Å². The molecule has 190 valence electrons. The van der Waals surface area contributed by atoms with Gasteiger partial charge < -0.3 is 19.3 Å². The second-order valence-corrected chi connectivity index (χ2v) is 9.35. The van der Waals surface area contributed by atoms with Gasteiger partial charge in [-0.05, 0) is 48.4 Å². The van der Waals surface area contributed by atoms with Crippen molar-refractivity contribution in [3.8, 4) is 11.5 Å². The molecule has 0 radical (unpaired) electrons. The number of piperazine rings is 1. The molecule has 1 aliphatic heterocycles. The van der Waals surface area contributed by atoms with Crippen molar-refractivity contribution in [1.82, 2.24) is 14.5 Å². The normalized spacial score (nSPS) is 14.9. The number of benzene rings is 2. The Bertz CT molecular complexity index is 1400. The minimum absolute atomic E-state index is 0.0202. The molecule has 7 nitrogen and oxygen atoms in total. The van der Waals surface area contributed by atoms with Crippen molar-refractivity contribution in [3.05, 3.63) is 118 Å². The van der Waals surface area contributed by atoms with Crippen molar-refractivity contribution >= 4 is 5.82 Å². The zero-order valence-electron chi connectivity index (χ0n) is 21.2. The summed E-state index contributed by atoms with van der Waals surface area (Å²) in [6.07, 6.45) is 1.81. The molecule has 0 unspecified atom stereocenters. The molecule has 1 atom stereocenters. The first kappa shape index (κ1) is 24.6. The summed E-state index contributed by atoms with van der Waals surface area (Å²) in [6.45, 7) is 5.26. The van der Waals surface area contributed by atoms with Gasteiger partial charge in [0.2, 0.25) is 0 Å². The molecule has 1 N–H and O–H groups in total. The standard InChI is InChI=1S/C30H32N4O3/c1-22-19-26(35)28(30(36)34(22)21-23-9-4-3-5-10-23)29(24-11-8-12-25(20-24)37-2)33-17-15-32(16-18-33)27-13-6-7-14-31-27/h3-14,19-20,29,35H,15-18,21H2,1-2H3/t29-/m1/s1. The van der Waals surface area contributed by atoms with Gasteiger partial charge >= 0.3 is 0 Å². The van der Waals surface area contributed by atoms with E-state index in [2.05, 4.69) is 14.8 Å². The Morgan fingerprint density at radius 1 is 0.946 bits per heavy atom. The van der Waals surface area contributed by atoms with Crippen molar-refractivity contribution in [2.24, 2.45) is 0 Å². The monoisotopic (exact) mass is 496 g/mol. The first-order valence-electron chi connectivity index (χ1n) is 12.6. The number of aromatic hydroxyl groups is 1. The van der Waals surface area contributed by atoms with Crippen molar-refractivity contribution in [2.45, 2.75) is 19.5 Å². The Balaban J connectivity index is 1.55. The fourth-order valence-electron chi connectivity index (χ4n) is 5.11. The summed E-state index contributed by atoms with van der Waals surface area (Å²) < 4.78 is 7.26. The number of aromatic nitrogens is 2. The number of ether oxygens (including phenoxy) is 1. The molecule has 1 saturated heterocycles. The van der Waals surface area contributed by atoms with Crippen molar-refractivity contribution in [2.75, 3.05) is 38.2 Å². The number of anilines is 1. The van der Waals surface area contributed by atoms with E-state index in [0.29, 0.717) is 30.9 Å². The predicted octanol–water partition coefficient (Wildman–Crippen LogP) is 4.23. The van der Waals surface area contributed by atoms with E-state index in [0.717, 1.165) is 35.7 Å². The summed E-state index contributed by atoms with van der Waals surface area (Å²) in [6, 6.07) is 24.9. The number of methoxy groups -OCH3 is 1. The van der Waals surface area contributed by atoms with Gasteiger partial charge in [-0.2, -0.15) is 0 Å². The molecule has 4 aromatic rings. The van der Waals surface area contributed by atoms with Gasteiger partial charge in [0.1, 0.15) is 17.3 Å². The molecule has 0 amide bonds. The molecule has 0 saturated carbocycles. The van der Waals surface area contributed by atoms with Crippen LogP contribution in [0.2, 0.25) is 0 Å². The molecule has 0 bridgehead atoms. The third-order valence-electron chi connectivity index (χ3n) is 7.04. The summed E-state index contributed by atoms with van der Waals surface area (Å²) in [7, 11) is 1.63. The summed E-state index contributed by atoms with van der Waals surface area (Å²) >= 11 is 0. The highest BCUT2D eigenvalue weighted by Crippen LogP contribution is 2.35. The SMILES string of the molecule is COc1cccc([C@H](c2c(O)cc(C)n(Cc3ccccc3)c2=O)N2CCN(c3ccccn3)CC2)c1. The lowest BCUT2D eigenvalue weighted by atomic mass is 9.95. The van der Waals surface area contributed by atoms with Crippen molar-refractivity contribution < 1.29 is 9.84 Å². The van der Waals surface area contributed by atoms with Gasteiger partial charge in [-0.15, -0.1) is 0 Å². The van der Waals surface area contributed by atoms with Gasteiger partial charge in [-0.1, -0.05) is 48.5 Å². The van der Waals surface area contributed by atoms with Crippen LogP contribution in [-0.4, -0.2) is 52.8 Å². The van der Waals surface area contributed by atoms with E-state index in [-0.39, 0.29) is 11.3 Å². The number of pyridine rings is 2. The molecular formula is C30H32N4O3. The topological polar surface area (TPSA) is 70.8 Å². The Kier molecular flexibility index (Phi) is 7.23. The van der Waals surface area contributed by atoms with Crippen LogP contribution in [0.3, 0.4) is 0 Å². The number of hydrogen-bond acceptors (Lipinski definition) is 6. The van der Waals surface area contributed by atoms with Crippen LogP contribution in [0.4, 0.5) is 5.82 Å². The maximum Gasteiger partial charge on any atom is 0.259 e. The molecule has 1 aliphatic rings. The van der Waals surface area contributed by atoms with Gasteiger partial charge in [-0.3, -0.25) is 9.69 Å².